The molecular formula is C20H19ClN2O4. The third-order valence-corrected chi connectivity index (χ3v) is 4.43. The number of rotatable bonds is 6. The van der Waals surface area contributed by atoms with E-state index in [-0.39, 0.29) is 18.6 Å². The van der Waals surface area contributed by atoms with Crippen LogP contribution in [0, 0.1) is 11.3 Å². The largest absolute Gasteiger partial charge is 0.486 e. The topological polar surface area (TPSA) is 71.8 Å². The molecule has 7 heteroatoms. The first-order chi connectivity index (χ1) is 13.1. The number of nitrogens with zero attached hydrogens (tertiary/aromatic N) is 2. The lowest BCUT2D eigenvalue weighted by Crippen LogP contribution is -2.45. The average molecular weight is 387 g/mol. The number of carbonyl (C=O) groups is 1. The summed E-state index contributed by atoms with van der Waals surface area (Å²) in [6, 6.07) is 14.1. The van der Waals surface area contributed by atoms with E-state index in [1.807, 2.05) is 37.3 Å². The molecule has 1 aliphatic heterocycles. The minimum absolute atomic E-state index is 0.149. The van der Waals surface area contributed by atoms with Gasteiger partial charge in [0.2, 0.25) is 0 Å². The Morgan fingerprint density at radius 2 is 2.11 bits per heavy atom. The first kappa shape index (κ1) is 18.9. The number of halogens is 1. The molecule has 0 saturated heterocycles. The van der Waals surface area contributed by atoms with Crippen LogP contribution < -0.4 is 14.2 Å². The molecule has 0 aliphatic carbocycles. The van der Waals surface area contributed by atoms with E-state index in [4.69, 9.17) is 31.1 Å². The van der Waals surface area contributed by atoms with Crippen molar-refractivity contribution in [2.24, 2.45) is 0 Å². The smallest absolute Gasteiger partial charge is 0.260 e. The molecule has 27 heavy (non-hydrogen) atoms. The molecule has 6 nitrogen and oxygen atoms in total. The number of nitriles is 1. The first-order valence-corrected chi connectivity index (χ1v) is 8.97. The van der Waals surface area contributed by atoms with Gasteiger partial charge >= 0.3 is 0 Å². The minimum atomic E-state index is -0.248. The van der Waals surface area contributed by atoms with Gasteiger partial charge in [0.15, 0.2) is 24.2 Å². The predicted molar refractivity (Wildman–Crippen MR) is 100 cm³/mol. The molecule has 1 heterocycles. The van der Waals surface area contributed by atoms with Gasteiger partial charge in [0.05, 0.1) is 23.2 Å². The molecule has 0 fully saturated rings. The summed E-state index contributed by atoms with van der Waals surface area (Å²) in [6.45, 7) is 3.04. The number of ether oxygens (including phenoxy) is 3. The standard InChI is InChI=1S/C20H19ClN2O4/c1-2-23(11-15-12-25-18-5-3-4-6-19(18)27-15)20(24)13-26-17-8-7-14(10-22)9-16(17)21/h3-9,15H,2,11-13H2,1H3/t15-/m1/s1. The van der Waals surface area contributed by atoms with Crippen molar-refractivity contribution < 1.29 is 19.0 Å². The van der Waals surface area contributed by atoms with Crippen LogP contribution in [-0.2, 0) is 4.79 Å². The Kier molecular flexibility index (Phi) is 6.05. The van der Waals surface area contributed by atoms with E-state index in [1.54, 1.807) is 17.0 Å². The van der Waals surface area contributed by atoms with Crippen molar-refractivity contribution >= 4 is 17.5 Å². The number of hydrogen-bond donors (Lipinski definition) is 0. The van der Waals surface area contributed by atoms with Crippen LogP contribution in [0.5, 0.6) is 17.2 Å². The third-order valence-electron chi connectivity index (χ3n) is 4.14. The highest BCUT2D eigenvalue weighted by molar-refractivity contribution is 6.32. The second-order valence-electron chi connectivity index (χ2n) is 5.98. The highest BCUT2D eigenvalue weighted by atomic mass is 35.5. The van der Waals surface area contributed by atoms with Crippen LogP contribution in [0.15, 0.2) is 42.5 Å². The van der Waals surface area contributed by atoms with Crippen LogP contribution in [-0.4, -0.2) is 43.2 Å². The summed E-state index contributed by atoms with van der Waals surface area (Å²) < 4.78 is 17.1. The van der Waals surface area contributed by atoms with Crippen LogP contribution in [0.4, 0.5) is 0 Å². The van der Waals surface area contributed by atoms with Gasteiger partial charge in [0.25, 0.3) is 5.91 Å². The Labute approximate surface area is 162 Å². The summed E-state index contributed by atoms with van der Waals surface area (Å²) in [4.78, 5) is 14.2. The number of benzene rings is 2. The van der Waals surface area contributed by atoms with E-state index in [9.17, 15) is 4.79 Å². The number of hydrogen-bond acceptors (Lipinski definition) is 5. The zero-order valence-corrected chi connectivity index (χ0v) is 15.6. The van der Waals surface area contributed by atoms with Crippen LogP contribution in [0.3, 0.4) is 0 Å². The molecule has 0 bridgehead atoms. The Morgan fingerprint density at radius 1 is 1.33 bits per heavy atom. The molecule has 0 N–H and O–H groups in total. The first-order valence-electron chi connectivity index (χ1n) is 8.59. The zero-order valence-electron chi connectivity index (χ0n) is 14.9. The van der Waals surface area contributed by atoms with Crippen molar-refractivity contribution in [3.05, 3.63) is 53.1 Å². The van der Waals surface area contributed by atoms with E-state index in [2.05, 4.69) is 0 Å². The number of para-hydroxylation sites is 2. The van der Waals surface area contributed by atoms with E-state index >= 15 is 0 Å². The fraction of sp³-hybridized carbons (Fsp3) is 0.300. The van der Waals surface area contributed by atoms with Gasteiger partial charge < -0.3 is 19.1 Å². The van der Waals surface area contributed by atoms with E-state index in [0.29, 0.717) is 47.5 Å². The molecule has 0 radical (unpaired) electrons. The quantitative estimate of drug-likeness (QED) is 0.761. The van der Waals surface area contributed by atoms with Crippen LogP contribution in [0.25, 0.3) is 0 Å². The Bertz CT molecular complexity index is 865. The van der Waals surface area contributed by atoms with Gasteiger partial charge in [0.1, 0.15) is 12.4 Å². The van der Waals surface area contributed by atoms with Crippen molar-refractivity contribution in [2.45, 2.75) is 13.0 Å². The van der Waals surface area contributed by atoms with Crippen molar-refractivity contribution in [1.82, 2.24) is 4.90 Å². The van der Waals surface area contributed by atoms with Gasteiger partial charge in [-0.05, 0) is 37.3 Å². The van der Waals surface area contributed by atoms with E-state index in [0.717, 1.165) is 0 Å². The fourth-order valence-corrected chi connectivity index (χ4v) is 2.96. The highest BCUT2D eigenvalue weighted by Gasteiger charge is 2.25. The lowest BCUT2D eigenvalue weighted by Gasteiger charge is -2.30. The Balaban J connectivity index is 1.56. The fourth-order valence-electron chi connectivity index (χ4n) is 2.72. The van der Waals surface area contributed by atoms with Crippen LogP contribution >= 0.6 is 11.6 Å². The molecule has 3 rings (SSSR count). The maximum absolute atomic E-state index is 12.5. The van der Waals surface area contributed by atoms with E-state index in [1.165, 1.54) is 6.07 Å². The van der Waals surface area contributed by atoms with Crippen molar-refractivity contribution in [3.63, 3.8) is 0 Å². The molecule has 1 atom stereocenters. The SMILES string of the molecule is CCN(C[C@@H]1COc2ccccc2O1)C(=O)COc1ccc(C#N)cc1Cl. The molecule has 2 aromatic rings. The van der Waals surface area contributed by atoms with Gasteiger partial charge in [0, 0.05) is 6.54 Å². The van der Waals surface area contributed by atoms with Crippen molar-refractivity contribution in [3.8, 4) is 23.3 Å². The lowest BCUT2D eigenvalue weighted by molar-refractivity contribution is -0.134. The summed E-state index contributed by atoms with van der Waals surface area (Å²) in [5.41, 5.74) is 0.434. The van der Waals surface area contributed by atoms with Gasteiger partial charge in [-0.2, -0.15) is 5.26 Å². The monoisotopic (exact) mass is 386 g/mol. The third kappa shape index (κ3) is 4.63. The summed E-state index contributed by atoms with van der Waals surface area (Å²) >= 11 is 6.07. The number of fused-ring (bicyclic) bond motifs is 1. The summed E-state index contributed by atoms with van der Waals surface area (Å²) in [7, 11) is 0. The molecule has 0 saturated carbocycles. The molecule has 0 spiro atoms. The van der Waals surface area contributed by atoms with E-state index < -0.39 is 0 Å². The molecular weight excluding hydrogens is 368 g/mol. The normalized spacial score (nSPS) is 14.9. The molecule has 1 aliphatic rings. The summed E-state index contributed by atoms with van der Waals surface area (Å²) in [5.74, 6) is 1.58. The molecule has 2 aromatic carbocycles. The predicted octanol–water partition coefficient (Wildman–Crippen LogP) is 3.28. The molecule has 140 valence electrons. The van der Waals surface area contributed by atoms with Crippen LogP contribution in [0.2, 0.25) is 5.02 Å². The van der Waals surface area contributed by atoms with Crippen LogP contribution in [0.1, 0.15) is 12.5 Å². The maximum atomic E-state index is 12.5. The van der Waals surface area contributed by atoms with Gasteiger partial charge in [-0.3, -0.25) is 4.79 Å². The maximum Gasteiger partial charge on any atom is 0.260 e. The lowest BCUT2D eigenvalue weighted by atomic mass is 10.2. The number of carbonyl (C=O) groups excluding carboxylic acids is 1. The molecule has 0 unspecified atom stereocenters. The minimum Gasteiger partial charge on any atom is -0.486 e. The van der Waals surface area contributed by atoms with Gasteiger partial charge in [-0.1, -0.05) is 23.7 Å². The average Bonchev–Trinajstić information content (AvgIpc) is 2.70. The van der Waals surface area contributed by atoms with Gasteiger partial charge in [-0.15, -0.1) is 0 Å². The highest BCUT2D eigenvalue weighted by Crippen LogP contribution is 2.31. The van der Waals surface area contributed by atoms with Crippen molar-refractivity contribution in [1.29, 1.82) is 5.26 Å². The second-order valence-corrected chi connectivity index (χ2v) is 6.38. The van der Waals surface area contributed by atoms with Crippen molar-refractivity contribution in [2.75, 3.05) is 26.3 Å². The summed E-state index contributed by atoms with van der Waals surface area (Å²) in [6.07, 6.45) is -0.248. The number of amides is 1. The molecule has 1 amide bonds. The Morgan fingerprint density at radius 3 is 2.81 bits per heavy atom. The zero-order chi connectivity index (χ0) is 19.2. The second kappa shape index (κ2) is 8.65. The van der Waals surface area contributed by atoms with Gasteiger partial charge in [-0.25, -0.2) is 0 Å². The number of likely N-dealkylation sites (N-methyl/N-ethyl adjacent to an activating group) is 1. The Hall–Kier alpha value is -2.91. The summed E-state index contributed by atoms with van der Waals surface area (Å²) in [5, 5.41) is 9.16. The molecule has 0 aromatic heterocycles.